The van der Waals surface area contributed by atoms with E-state index < -0.39 is 12.1 Å². The van der Waals surface area contributed by atoms with E-state index in [2.05, 4.69) is 45.5 Å². The Morgan fingerprint density at radius 2 is 0.857 bits per heavy atom. The van der Waals surface area contributed by atoms with Crippen LogP contribution in [0.2, 0.25) is 0 Å². The summed E-state index contributed by atoms with van der Waals surface area (Å²) in [5, 5.41) is 14.3. The van der Waals surface area contributed by atoms with Crippen molar-refractivity contribution in [3.8, 4) is 11.4 Å². The van der Waals surface area contributed by atoms with Crippen LogP contribution in [0.1, 0.15) is 80.3 Å². The van der Waals surface area contributed by atoms with Crippen LogP contribution >= 0.6 is 0 Å². The van der Waals surface area contributed by atoms with E-state index in [-0.39, 0.29) is 40.2 Å². The molecule has 4 unspecified atom stereocenters. The molecule has 0 radical (unpaired) electrons. The molecule has 0 saturated carbocycles. The minimum atomic E-state index is -0.393. The number of hydrogen-bond acceptors (Lipinski definition) is 8. The van der Waals surface area contributed by atoms with Crippen molar-refractivity contribution >= 4 is 45.0 Å². The van der Waals surface area contributed by atoms with Crippen molar-refractivity contribution < 1.29 is 15.1 Å². The van der Waals surface area contributed by atoms with Gasteiger partial charge in [0.05, 0.1) is 56.4 Å². The van der Waals surface area contributed by atoms with Gasteiger partial charge in [-0.15, -0.1) is 0 Å². The molecule has 12 rings (SSSR count). The first-order chi connectivity index (χ1) is 30.4. The molecule has 6 aromatic carbocycles. The summed E-state index contributed by atoms with van der Waals surface area (Å²) in [5.41, 5.74) is 7.80. The molecule has 2 aromatic heterocycles. The number of hydrogen-bond donors (Lipinski definition) is 4. The van der Waals surface area contributed by atoms with Crippen molar-refractivity contribution in [3.05, 3.63) is 200 Å². The van der Waals surface area contributed by atoms with Crippen molar-refractivity contribution in [3.63, 3.8) is 0 Å². The van der Waals surface area contributed by atoms with Gasteiger partial charge in [0.1, 0.15) is 11.6 Å². The maximum absolute atomic E-state index is 13.5. The number of para-hydroxylation sites is 6. The average Bonchev–Trinajstić information content (AvgIpc) is 3.86. The number of nitrogens with one attached hydrogen (secondary N) is 4. The number of carbonyl (C=O) groups excluding carboxylic acids is 2. The molecule has 0 spiro atoms. The van der Waals surface area contributed by atoms with E-state index in [1.54, 1.807) is 33.4 Å². The van der Waals surface area contributed by atoms with E-state index in [4.69, 9.17) is 9.97 Å². The molecule has 6 heterocycles. The number of amides is 2. The van der Waals surface area contributed by atoms with Gasteiger partial charge in [-0.25, -0.2) is 9.97 Å². The number of carbonyl (C=O) groups is 2. The Morgan fingerprint density at radius 1 is 0.476 bits per heavy atom. The van der Waals surface area contributed by atoms with Crippen LogP contribution in [0.5, 0.6) is 0 Å². The van der Waals surface area contributed by atoms with Gasteiger partial charge in [-0.3, -0.25) is 28.3 Å². The molecular weight excluding hydrogens is 793 g/mol. The molecular formula is C50H42N8O5. The maximum Gasteiger partial charge on any atom is 0.266 e. The summed E-state index contributed by atoms with van der Waals surface area (Å²) in [7, 11) is 0. The number of aromatic nitrogens is 4. The van der Waals surface area contributed by atoms with Crippen LogP contribution in [0.3, 0.4) is 0 Å². The summed E-state index contributed by atoms with van der Waals surface area (Å²) in [6.07, 6.45) is 1.29. The van der Waals surface area contributed by atoms with Crippen molar-refractivity contribution in [2.45, 2.75) is 36.8 Å². The standard InChI is InChI=1S/2C25H20N4O2.H2O/c2*30-24-18-9-3-6-12-22(18)29-23(27-20-11-5-2-8-17(20)25(29)31)21(28-24)13-15-14-26-19-10-4-1-7-16(15)19;/h2*1-12,15,21,26H,13-14H2,(H,28,30);1H2. The summed E-state index contributed by atoms with van der Waals surface area (Å²) in [4.78, 5) is 63.1. The number of fused-ring (bicyclic) bond motifs is 10. The Labute approximate surface area is 360 Å². The van der Waals surface area contributed by atoms with E-state index in [0.717, 1.165) is 24.5 Å². The normalized spacial score (nSPS) is 18.7. The van der Waals surface area contributed by atoms with Crippen LogP contribution in [-0.4, -0.2) is 49.5 Å². The first-order valence-corrected chi connectivity index (χ1v) is 20.9. The minimum absolute atomic E-state index is 0. The molecule has 63 heavy (non-hydrogen) atoms. The summed E-state index contributed by atoms with van der Waals surface area (Å²) in [6, 6.07) is 44.8. The number of rotatable bonds is 4. The Balaban J connectivity index is 0.000000147. The quantitative estimate of drug-likeness (QED) is 0.151. The lowest BCUT2D eigenvalue weighted by atomic mass is 9.93. The second-order valence-electron chi connectivity index (χ2n) is 16.1. The molecule has 4 aliphatic rings. The highest BCUT2D eigenvalue weighted by atomic mass is 16.2. The van der Waals surface area contributed by atoms with Gasteiger partial charge in [0.25, 0.3) is 22.9 Å². The van der Waals surface area contributed by atoms with Crippen molar-refractivity contribution in [2.24, 2.45) is 0 Å². The smallest absolute Gasteiger partial charge is 0.266 e. The monoisotopic (exact) mass is 834 g/mol. The van der Waals surface area contributed by atoms with Gasteiger partial charge in [-0.05, 0) is 84.6 Å². The molecule has 13 heteroatoms. The molecule has 13 nitrogen and oxygen atoms in total. The molecule has 4 atom stereocenters. The highest BCUT2D eigenvalue weighted by molar-refractivity contribution is 5.99. The van der Waals surface area contributed by atoms with Gasteiger partial charge >= 0.3 is 0 Å². The molecule has 6 N–H and O–H groups in total. The topological polar surface area (TPSA) is 184 Å². The molecule has 0 saturated heterocycles. The number of benzene rings is 6. The minimum Gasteiger partial charge on any atom is -0.412 e. The molecule has 2 amide bonds. The molecule has 4 aliphatic heterocycles. The van der Waals surface area contributed by atoms with Crippen molar-refractivity contribution in [1.82, 2.24) is 29.7 Å². The van der Waals surface area contributed by atoms with Crippen LogP contribution in [0.25, 0.3) is 33.2 Å². The maximum atomic E-state index is 13.5. The van der Waals surface area contributed by atoms with E-state index in [1.807, 2.05) is 97.1 Å². The van der Waals surface area contributed by atoms with E-state index in [9.17, 15) is 19.2 Å². The zero-order chi connectivity index (χ0) is 41.9. The lowest BCUT2D eigenvalue weighted by Crippen LogP contribution is -2.32. The Hall–Kier alpha value is -7.90. The second kappa shape index (κ2) is 15.9. The highest BCUT2D eigenvalue weighted by Gasteiger charge is 2.35. The molecule has 0 aliphatic carbocycles. The van der Waals surface area contributed by atoms with Gasteiger partial charge in [-0.2, -0.15) is 0 Å². The van der Waals surface area contributed by atoms with Gasteiger partial charge in [0.2, 0.25) is 0 Å². The van der Waals surface area contributed by atoms with Crippen molar-refractivity contribution in [2.75, 3.05) is 23.7 Å². The summed E-state index contributed by atoms with van der Waals surface area (Å²) < 4.78 is 3.24. The van der Waals surface area contributed by atoms with Gasteiger partial charge in [0.15, 0.2) is 0 Å². The van der Waals surface area contributed by atoms with Gasteiger partial charge in [0, 0.05) is 36.3 Å². The fraction of sp³-hybridized carbons (Fsp3) is 0.160. The largest absolute Gasteiger partial charge is 0.412 e. The first-order valence-electron chi connectivity index (χ1n) is 20.9. The number of anilines is 2. The average molecular weight is 835 g/mol. The lowest BCUT2D eigenvalue weighted by Gasteiger charge is -2.22. The summed E-state index contributed by atoms with van der Waals surface area (Å²) >= 11 is 0. The van der Waals surface area contributed by atoms with Crippen LogP contribution < -0.4 is 32.4 Å². The molecule has 0 fully saturated rings. The summed E-state index contributed by atoms with van der Waals surface area (Å²) in [5.74, 6) is 1.19. The molecule has 312 valence electrons. The SMILES string of the molecule is O.O=C1NC(CC2CNc3ccccc32)c2nc3ccccc3c(=O)n2-c2ccccc21.O=C1NC(CC2CNc3ccccc32)c2nc3ccccc3c(=O)n2-c2ccccc21. The first kappa shape index (κ1) is 39.2. The van der Waals surface area contributed by atoms with Crippen LogP contribution in [-0.2, 0) is 0 Å². The second-order valence-corrected chi connectivity index (χ2v) is 16.1. The Bertz CT molecular complexity index is 3040. The van der Waals surface area contributed by atoms with Crippen molar-refractivity contribution in [1.29, 1.82) is 0 Å². The summed E-state index contributed by atoms with van der Waals surface area (Å²) in [6.45, 7) is 1.58. The third kappa shape index (κ3) is 6.70. The predicted molar refractivity (Wildman–Crippen MR) is 243 cm³/mol. The third-order valence-corrected chi connectivity index (χ3v) is 12.5. The number of nitrogens with zero attached hydrogens (tertiary/aromatic N) is 4. The van der Waals surface area contributed by atoms with E-state index in [1.165, 1.54) is 11.1 Å². The van der Waals surface area contributed by atoms with E-state index >= 15 is 0 Å². The fourth-order valence-electron chi connectivity index (χ4n) is 9.59. The van der Waals surface area contributed by atoms with Gasteiger partial charge in [-0.1, -0.05) is 84.9 Å². The molecule has 8 aromatic rings. The van der Waals surface area contributed by atoms with Gasteiger partial charge < -0.3 is 26.7 Å². The lowest BCUT2D eigenvalue weighted by molar-refractivity contribution is 0.0926. The van der Waals surface area contributed by atoms with Crippen LogP contribution in [0.4, 0.5) is 11.4 Å². The fourth-order valence-corrected chi connectivity index (χ4v) is 9.59. The van der Waals surface area contributed by atoms with Crippen LogP contribution in [0.15, 0.2) is 155 Å². The Morgan fingerprint density at radius 3 is 1.32 bits per heavy atom. The third-order valence-electron chi connectivity index (χ3n) is 12.5. The molecule has 0 bridgehead atoms. The zero-order valence-electron chi connectivity index (χ0n) is 33.9. The van der Waals surface area contributed by atoms with Crippen LogP contribution in [0, 0.1) is 0 Å². The Kier molecular flexibility index (Phi) is 9.88. The highest BCUT2D eigenvalue weighted by Crippen LogP contribution is 2.40. The predicted octanol–water partition coefficient (Wildman–Crippen LogP) is 6.71. The zero-order valence-corrected chi connectivity index (χ0v) is 33.9. The van der Waals surface area contributed by atoms with E-state index in [0.29, 0.717) is 68.8 Å².